The van der Waals surface area contributed by atoms with E-state index in [0.29, 0.717) is 23.7 Å². The molecule has 0 fully saturated rings. The standard InChI is InChI=1S/C20H27N5O5/c1-2-3-4-5-10-22-20(29)25-19-17(18(21)28)23-15(24-19)12-30-14-8-6-13(7-9-14)11-16(26)27/h6-9H,2-5,10-12H2,1H3,(H2,21,28)(H,23,24)(H,26,27)(H2,22,25,29). The van der Waals surface area contributed by atoms with E-state index in [1.54, 1.807) is 24.3 Å². The van der Waals surface area contributed by atoms with Crippen LogP contribution in [0.4, 0.5) is 10.6 Å². The smallest absolute Gasteiger partial charge is 0.320 e. The Morgan fingerprint density at radius 3 is 2.53 bits per heavy atom. The molecule has 0 aliphatic carbocycles. The molecule has 0 spiro atoms. The molecular weight excluding hydrogens is 390 g/mol. The fourth-order valence-corrected chi connectivity index (χ4v) is 2.69. The molecule has 0 atom stereocenters. The zero-order valence-corrected chi connectivity index (χ0v) is 16.9. The molecular formula is C20H27N5O5. The number of nitrogens with zero attached hydrogens (tertiary/aromatic N) is 1. The molecule has 0 aliphatic heterocycles. The van der Waals surface area contributed by atoms with Gasteiger partial charge in [0, 0.05) is 6.54 Å². The summed E-state index contributed by atoms with van der Waals surface area (Å²) in [5.74, 6) is -0.839. The number of carbonyl (C=O) groups excluding carboxylic acids is 2. The largest absolute Gasteiger partial charge is 0.486 e. The van der Waals surface area contributed by atoms with Crippen LogP contribution in [0.2, 0.25) is 0 Å². The summed E-state index contributed by atoms with van der Waals surface area (Å²) in [4.78, 5) is 41.3. The molecule has 0 saturated carbocycles. The van der Waals surface area contributed by atoms with Crippen molar-refractivity contribution in [1.29, 1.82) is 0 Å². The third-order valence-corrected chi connectivity index (χ3v) is 4.20. The molecule has 10 heteroatoms. The molecule has 0 unspecified atom stereocenters. The molecule has 2 aromatic rings. The minimum absolute atomic E-state index is 0.00112. The number of nitrogens with one attached hydrogen (secondary N) is 3. The van der Waals surface area contributed by atoms with Crippen LogP contribution in [0.5, 0.6) is 5.75 Å². The molecule has 2 rings (SSSR count). The lowest BCUT2D eigenvalue weighted by Crippen LogP contribution is -2.30. The van der Waals surface area contributed by atoms with Crippen molar-refractivity contribution < 1.29 is 24.2 Å². The number of unbranched alkanes of at least 4 members (excludes halogenated alkanes) is 3. The van der Waals surface area contributed by atoms with E-state index in [9.17, 15) is 14.4 Å². The number of anilines is 1. The summed E-state index contributed by atoms with van der Waals surface area (Å²) < 4.78 is 5.59. The lowest BCUT2D eigenvalue weighted by atomic mass is 10.1. The molecule has 0 aliphatic rings. The predicted octanol–water partition coefficient (Wildman–Crippen LogP) is 2.42. The maximum Gasteiger partial charge on any atom is 0.320 e. The number of ether oxygens (including phenoxy) is 1. The summed E-state index contributed by atoms with van der Waals surface area (Å²) in [7, 11) is 0. The average molecular weight is 417 g/mol. The second kappa shape index (κ2) is 11.4. The monoisotopic (exact) mass is 417 g/mol. The van der Waals surface area contributed by atoms with Crippen LogP contribution in [0.1, 0.15) is 54.5 Å². The van der Waals surface area contributed by atoms with Gasteiger partial charge in [0.15, 0.2) is 5.82 Å². The van der Waals surface area contributed by atoms with Crippen molar-refractivity contribution in [1.82, 2.24) is 15.3 Å². The normalized spacial score (nSPS) is 10.4. The topological polar surface area (TPSA) is 159 Å². The van der Waals surface area contributed by atoms with E-state index < -0.39 is 17.9 Å². The number of H-pyrrole nitrogens is 1. The minimum atomic E-state index is -0.914. The van der Waals surface area contributed by atoms with Gasteiger partial charge in [-0.3, -0.25) is 14.9 Å². The van der Waals surface area contributed by atoms with Gasteiger partial charge >= 0.3 is 12.0 Å². The van der Waals surface area contributed by atoms with Gasteiger partial charge in [0.2, 0.25) is 0 Å². The average Bonchev–Trinajstić information content (AvgIpc) is 3.10. The van der Waals surface area contributed by atoms with E-state index in [1.165, 1.54) is 0 Å². The Morgan fingerprint density at radius 1 is 1.17 bits per heavy atom. The third-order valence-electron chi connectivity index (χ3n) is 4.20. The van der Waals surface area contributed by atoms with Gasteiger partial charge in [-0.05, 0) is 24.1 Å². The Hall–Kier alpha value is -3.56. The van der Waals surface area contributed by atoms with Gasteiger partial charge in [-0.2, -0.15) is 0 Å². The molecule has 6 N–H and O–H groups in total. The van der Waals surface area contributed by atoms with Gasteiger partial charge < -0.3 is 25.9 Å². The van der Waals surface area contributed by atoms with Crippen LogP contribution in [-0.4, -0.2) is 39.5 Å². The van der Waals surface area contributed by atoms with Gasteiger partial charge in [-0.1, -0.05) is 38.3 Å². The van der Waals surface area contributed by atoms with E-state index in [2.05, 4.69) is 27.5 Å². The highest BCUT2D eigenvalue weighted by atomic mass is 16.5. The molecule has 1 heterocycles. The highest BCUT2D eigenvalue weighted by Gasteiger charge is 2.17. The Bertz CT molecular complexity index is 863. The van der Waals surface area contributed by atoms with Crippen molar-refractivity contribution >= 4 is 23.7 Å². The molecule has 3 amide bonds. The number of nitrogens with two attached hydrogens (primary N) is 1. The number of hydrogen-bond donors (Lipinski definition) is 5. The number of aromatic nitrogens is 2. The molecule has 0 radical (unpaired) electrons. The van der Waals surface area contributed by atoms with Gasteiger partial charge in [-0.25, -0.2) is 9.78 Å². The predicted molar refractivity (Wildman–Crippen MR) is 110 cm³/mol. The van der Waals surface area contributed by atoms with Crippen molar-refractivity contribution in [2.45, 2.75) is 45.6 Å². The van der Waals surface area contributed by atoms with Gasteiger partial charge in [-0.15, -0.1) is 0 Å². The maximum absolute atomic E-state index is 12.0. The summed E-state index contributed by atoms with van der Waals surface area (Å²) in [6, 6.07) is 6.11. The molecule has 10 nitrogen and oxygen atoms in total. The highest BCUT2D eigenvalue weighted by molar-refractivity contribution is 6.00. The molecule has 0 saturated heterocycles. The fourth-order valence-electron chi connectivity index (χ4n) is 2.69. The van der Waals surface area contributed by atoms with Crippen molar-refractivity contribution in [3.63, 3.8) is 0 Å². The first-order chi connectivity index (χ1) is 14.4. The van der Waals surface area contributed by atoms with Gasteiger partial charge in [0.1, 0.15) is 23.9 Å². The van der Waals surface area contributed by atoms with Crippen molar-refractivity contribution in [2.75, 3.05) is 11.9 Å². The zero-order chi connectivity index (χ0) is 21.9. The lowest BCUT2D eigenvalue weighted by molar-refractivity contribution is -0.136. The third kappa shape index (κ3) is 7.46. The van der Waals surface area contributed by atoms with Crippen LogP contribution in [0.25, 0.3) is 0 Å². The van der Waals surface area contributed by atoms with Crippen LogP contribution in [0.15, 0.2) is 24.3 Å². The summed E-state index contributed by atoms with van der Waals surface area (Å²) in [6.45, 7) is 2.63. The SMILES string of the molecule is CCCCCCNC(=O)Nc1nc(COc2ccc(CC(=O)O)cc2)[nH]c1C(N)=O. The number of hydrogen-bond acceptors (Lipinski definition) is 5. The van der Waals surface area contributed by atoms with E-state index in [-0.39, 0.29) is 24.5 Å². The Kier molecular flexibility index (Phi) is 8.67. The number of carbonyl (C=O) groups is 3. The molecule has 1 aromatic carbocycles. The maximum atomic E-state index is 12.0. The molecule has 162 valence electrons. The summed E-state index contributed by atoms with van der Waals surface area (Å²) >= 11 is 0. The Morgan fingerprint density at radius 2 is 1.90 bits per heavy atom. The number of primary amides is 1. The summed E-state index contributed by atoms with van der Waals surface area (Å²) in [5, 5.41) is 14.0. The quantitative estimate of drug-likeness (QED) is 0.333. The zero-order valence-electron chi connectivity index (χ0n) is 16.9. The number of benzene rings is 1. The Balaban J connectivity index is 1.92. The van der Waals surface area contributed by atoms with E-state index >= 15 is 0 Å². The second-order valence-electron chi connectivity index (χ2n) is 6.72. The van der Waals surface area contributed by atoms with Gasteiger partial charge in [0.25, 0.3) is 5.91 Å². The minimum Gasteiger partial charge on any atom is -0.486 e. The van der Waals surface area contributed by atoms with E-state index in [4.69, 9.17) is 15.6 Å². The second-order valence-corrected chi connectivity index (χ2v) is 6.72. The number of aliphatic carboxylic acids is 1. The number of aromatic amines is 1. The first-order valence-electron chi connectivity index (χ1n) is 9.76. The fraction of sp³-hybridized carbons (Fsp3) is 0.400. The highest BCUT2D eigenvalue weighted by Crippen LogP contribution is 2.16. The van der Waals surface area contributed by atoms with Crippen molar-refractivity contribution in [3.8, 4) is 5.75 Å². The Labute approximate surface area is 174 Å². The van der Waals surface area contributed by atoms with Crippen LogP contribution >= 0.6 is 0 Å². The number of imidazole rings is 1. The van der Waals surface area contributed by atoms with Crippen LogP contribution in [0.3, 0.4) is 0 Å². The van der Waals surface area contributed by atoms with Crippen molar-refractivity contribution in [3.05, 3.63) is 41.3 Å². The number of amides is 3. The van der Waals surface area contributed by atoms with Crippen LogP contribution in [0, 0.1) is 0 Å². The number of urea groups is 1. The summed E-state index contributed by atoms with van der Waals surface area (Å²) in [5.41, 5.74) is 5.98. The molecule has 30 heavy (non-hydrogen) atoms. The number of carboxylic acid groups (broad SMARTS) is 1. The van der Waals surface area contributed by atoms with Crippen molar-refractivity contribution in [2.24, 2.45) is 5.73 Å². The first kappa shape index (κ1) is 22.7. The van der Waals surface area contributed by atoms with E-state index in [0.717, 1.165) is 25.7 Å². The number of rotatable bonds is 12. The van der Waals surface area contributed by atoms with E-state index in [1.807, 2.05) is 0 Å². The first-order valence-corrected chi connectivity index (χ1v) is 9.76. The summed E-state index contributed by atoms with van der Waals surface area (Å²) in [6.07, 6.45) is 4.05. The van der Waals surface area contributed by atoms with Gasteiger partial charge in [0.05, 0.1) is 6.42 Å². The molecule has 1 aromatic heterocycles. The lowest BCUT2D eigenvalue weighted by Gasteiger charge is -2.06. The number of carboxylic acids is 1. The molecule has 0 bridgehead atoms. The van der Waals surface area contributed by atoms with Crippen LogP contribution < -0.4 is 21.1 Å². The van der Waals surface area contributed by atoms with Crippen LogP contribution in [-0.2, 0) is 17.8 Å².